The van der Waals surface area contributed by atoms with E-state index < -0.39 is 11.9 Å². The summed E-state index contributed by atoms with van der Waals surface area (Å²) in [6.07, 6.45) is 10.2. The zero-order valence-electron chi connectivity index (χ0n) is 12.7. The van der Waals surface area contributed by atoms with Crippen molar-refractivity contribution in [2.24, 2.45) is 11.8 Å². The average Bonchev–Trinajstić information content (AvgIpc) is 2.46. The molecule has 1 saturated carbocycles. The lowest BCUT2D eigenvalue weighted by Gasteiger charge is -2.31. The van der Waals surface area contributed by atoms with Crippen LogP contribution in [0.3, 0.4) is 0 Å². The second kappa shape index (κ2) is 9.78. The van der Waals surface area contributed by atoms with Crippen LogP contribution in [-0.4, -0.2) is 18.4 Å². The van der Waals surface area contributed by atoms with Crippen LogP contribution in [0.15, 0.2) is 0 Å². The fourth-order valence-electron chi connectivity index (χ4n) is 2.97. The molecule has 1 N–H and O–H groups in total. The van der Waals surface area contributed by atoms with Gasteiger partial charge in [0, 0.05) is 24.3 Å². The van der Waals surface area contributed by atoms with Crippen LogP contribution in [0, 0.1) is 11.8 Å². The molecular weight excluding hydrogens is 254 g/mol. The summed E-state index contributed by atoms with van der Waals surface area (Å²) in [5.74, 6) is -2.13. The maximum Gasteiger partial charge on any atom is 0.223 e. The summed E-state index contributed by atoms with van der Waals surface area (Å²) in [4.78, 5) is 23.1. The highest BCUT2D eigenvalue weighted by atomic mass is 16.4. The van der Waals surface area contributed by atoms with Crippen LogP contribution in [0.5, 0.6) is 0 Å². The Labute approximate surface area is 122 Å². The molecule has 1 aliphatic rings. The number of carbonyl (C=O) groups is 2. The number of hydrogen-bond donors (Lipinski definition) is 1. The van der Waals surface area contributed by atoms with E-state index >= 15 is 0 Å². The van der Waals surface area contributed by atoms with Crippen LogP contribution in [0.25, 0.3) is 0 Å². The molecule has 0 unspecified atom stereocenters. The monoisotopic (exact) mass is 282 g/mol. The molecule has 0 aromatic heterocycles. The van der Waals surface area contributed by atoms with Gasteiger partial charge in [-0.05, 0) is 19.3 Å². The number of nitrogens with one attached hydrogen (secondary N) is 1. The third kappa shape index (κ3) is 5.93. The van der Waals surface area contributed by atoms with E-state index in [0.717, 1.165) is 25.7 Å². The largest absolute Gasteiger partial charge is 0.550 e. The number of aliphatic carboxylic acids is 1. The van der Waals surface area contributed by atoms with Crippen molar-refractivity contribution in [1.82, 2.24) is 5.32 Å². The molecule has 1 amide bonds. The first-order valence-electron chi connectivity index (χ1n) is 8.15. The van der Waals surface area contributed by atoms with E-state index in [1.54, 1.807) is 0 Å². The molecule has 0 spiro atoms. The van der Waals surface area contributed by atoms with Gasteiger partial charge in [-0.3, -0.25) is 4.79 Å². The second-order valence-corrected chi connectivity index (χ2v) is 5.88. The van der Waals surface area contributed by atoms with E-state index in [1.807, 2.05) is 0 Å². The summed E-state index contributed by atoms with van der Waals surface area (Å²) in [7, 11) is 0. The quantitative estimate of drug-likeness (QED) is 0.658. The summed E-state index contributed by atoms with van der Waals surface area (Å²) in [5.41, 5.74) is 0. The number of carboxylic acid groups (broad SMARTS) is 1. The number of hydrogen-bond acceptors (Lipinski definition) is 3. The van der Waals surface area contributed by atoms with Crippen LogP contribution in [0.2, 0.25) is 0 Å². The Morgan fingerprint density at radius 1 is 1.00 bits per heavy atom. The highest BCUT2D eigenvalue weighted by Gasteiger charge is 2.31. The molecule has 1 aliphatic carbocycles. The molecule has 0 bridgehead atoms. The fraction of sp³-hybridized carbons (Fsp3) is 0.875. The SMILES string of the molecule is CCCCCCCCNC(=O)[C@@H]1CCCC[C@@H]1C(=O)[O-]. The van der Waals surface area contributed by atoms with Gasteiger partial charge in [-0.15, -0.1) is 0 Å². The van der Waals surface area contributed by atoms with Gasteiger partial charge in [0.25, 0.3) is 0 Å². The molecule has 0 radical (unpaired) electrons. The highest BCUT2D eigenvalue weighted by Crippen LogP contribution is 2.29. The van der Waals surface area contributed by atoms with Crippen LogP contribution >= 0.6 is 0 Å². The Bertz CT molecular complexity index is 304. The van der Waals surface area contributed by atoms with Crippen LogP contribution < -0.4 is 10.4 Å². The minimum absolute atomic E-state index is 0.0903. The standard InChI is InChI=1S/C16H29NO3/c1-2-3-4-5-6-9-12-17-15(18)13-10-7-8-11-14(13)16(19)20/h13-14H,2-12H2,1H3,(H,17,18)(H,19,20)/p-1/t13-,14+/m1/s1. The third-order valence-corrected chi connectivity index (χ3v) is 4.24. The molecule has 4 nitrogen and oxygen atoms in total. The van der Waals surface area contributed by atoms with Gasteiger partial charge in [-0.25, -0.2) is 0 Å². The predicted molar refractivity (Wildman–Crippen MR) is 76.8 cm³/mol. The Morgan fingerprint density at radius 2 is 1.60 bits per heavy atom. The number of amides is 1. The van der Waals surface area contributed by atoms with Gasteiger partial charge in [0.2, 0.25) is 5.91 Å². The molecule has 0 aromatic rings. The van der Waals surface area contributed by atoms with Crippen molar-refractivity contribution >= 4 is 11.9 Å². The normalized spacial score (nSPS) is 22.4. The van der Waals surface area contributed by atoms with E-state index in [4.69, 9.17) is 0 Å². The molecule has 1 rings (SSSR count). The molecule has 0 heterocycles. The summed E-state index contributed by atoms with van der Waals surface area (Å²) in [6.45, 7) is 2.86. The molecule has 1 fully saturated rings. The lowest BCUT2D eigenvalue weighted by atomic mass is 9.78. The Morgan fingerprint density at radius 3 is 2.25 bits per heavy atom. The fourth-order valence-corrected chi connectivity index (χ4v) is 2.97. The van der Waals surface area contributed by atoms with E-state index in [0.29, 0.717) is 19.4 Å². The molecule has 0 saturated heterocycles. The topological polar surface area (TPSA) is 69.2 Å². The van der Waals surface area contributed by atoms with Gasteiger partial charge in [0.1, 0.15) is 0 Å². The maximum atomic E-state index is 12.0. The Hall–Kier alpha value is -1.06. The van der Waals surface area contributed by atoms with E-state index in [9.17, 15) is 14.7 Å². The Balaban J connectivity index is 2.19. The van der Waals surface area contributed by atoms with Gasteiger partial charge in [0.15, 0.2) is 0 Å². The molecule has 4 heteroatoms. The summed E-state index contributed by atoms with van der Waals surface area (Å²) in [5, 5.41) is 14.0. The van der Waals surface area contributed by atoms with Gasteiger partial charge >= 0.3 is 0 Å². The van der Waals surface area contributed by atoms with Crippen LogP contribution in [0.4, 0.5) is 0 Å². The van der Waals surface area contributed by atoms with Crippen molar-refractivity contribution in [1.29, 1.82) is 0 Å². The maximum absolute atomic E-state index is 12.0. The van der Waals surface area contributed by atoms with Gasteiger partial charge in [-0.2, -0.15) is 0 Å². The highest BCUT2D eigenvalue weighted by molar-refractivity contribution is 5.84. The first-order chi connectivity index (χ1) is 9.66. The smallest absolute Gasteiger partial charge is 0.223 e. The number of carboxylic acids is 1. The molecule has 116 valence electrons. The van der Waals surface area contributed by atoms with E-state index in [-0.39, 0.29) is 11.8 Å². The summed E-state index contributed by atoms with van der Waals surface area (Å²) < 4.78 is 0. The van der Waals surface area contributed by atoms with Crippen molar-refractivity contribution in [2.75, 3.05) is 6.54 Å². The molecule has 2 atom stereocenters. The minimum atomic E-state index is -1.07. The van der Waals surface area contributed by atoms with Crippen LogP contribution in [-0.2, 0) is 9.59 Å². The van der Waals surface area contributed by atoms with Crippen molar-refractivity contribution in [2.45, 2.75) is 71.1 Å². The first-order valence-corrected chi connectivity index (χ1v) is 8.15. The number of unbranched alkanes of at least 4 members (excludes halogenated alkanes) is 5. The molecule has 0 aliphatic heterocycles. The first kappa shape index (κ1) is 17.0. The molecule has 20 heavy (non-hydrogen) atoms. The third-order valence-electron chi connectivity index (χ3n) is 4.24. The second-order valence-electron chi connectivity index (χ2n) is 5.88. The number of rotatable bonds is 9. The van der Waals surface area contributed by atoms with Crippen molar-refractivity contribution < 1.29 is 14.7 Å². The Kier molecular flexibility index (Phi) is 8.31. The van der Waals surface area contributed by atoms with Crippen molar-refractivity contribution in [3.63, 3.8) is 0 Å². The van der Waals surface area contributed by atoms with Crippen molar-refractivity contribution in [3.8, 4) is 0 Å². The molecule has 0 aromatic carbocycles. The van der Waals surface area contributed by atoms with Crippen LogP contribution in [0.1, 0.15) is 71.1 Å². The zero-order valence-corrected chi connectivity index (χ0v) is 12.7. The van der Waals surface area contributed by atoms with Gasteiger partial charge in [-0.1, -0.05) is 51.9 Å². The summed E-state index contributed by atoms with van der Waals surface area (Å²) in [6, 6.07) is 0. The van der Waals surface area contributed by atoms with E-state index in [2.05, 4.69) is 12.2 Å². The number of carbonyl (C=O) groups excluding carboxylic acids is 2. The van der Waals surface area contributed by atoms with Gasteiger partial charge < -0.3 is 15.2 Å². The van der Waals surface area contributed by atoms with Gasteiger partial charge in [0.05, 0.1) is 0 Å². The lowest BCUT2D eigenvalue weighted by Crippen LogP contribution is -2.44. The summed E-state index contributed by atoms with van der Waals surface area (Å²) >= 11 is 0. The zero-order chi connectivity index (χ0) is 14.8. The minimum Gasteiger partial charge on any atom is -0.550 e. The lowest BCUT2D eigenvalue weighted by molar-refractivity contribution is -0.314. The van der Waals surface area contributed by atoms with E-state index in [1.165, 1.54) is 25.7 Å². The average molecular weight is 282 g/mol. The predicted octanol–water partition coefficient (Wildman–Crippen LogP) is 2.02. The molecular formula is C16H28NO3-. The van der Waals surface area contributed by atoms with Crippen molar-refractivity contribution in [3.05, 3.63) is 0 Å².